The van der Waals surface area contributed by atoms with E-state index in [1.165, 1.54) is 0 Å². The van der Waals surface area contributed by atoms with E-state index in [-0.39, 0.29) is 5.91 Å². The molecule has 2 rings (SSSR count). The van der Waals surface area contributed by atoms with E-state index in [2.05, 4.69) is 0 Å². The zero-order valence-electron chi connectivity index (χ0n) is 16.0. The fourth-order valence-corrected chi connectivity index (χ4v) is 4.34. The lowest BCUT2D eigenvalue weighted by atomic mass is 10.1. The summed E-state index contributed by atoms with van der Waals surface area (Å²) in [6.45, 7) is 4.20. The van der Waals surface area contributed by atoms with E-state index in [0.717, 1.165) is 21.7 Å². The Bertz CT molecular complexity index is 898. The lowest BCUT2D eigenvalue weighted by Gasteiger charge is -2.33. The Hall–Kier alpha value is -2.05. The van der Waals surface area contributed by atoms with Gasteiger partial charge in [0.25, 0.3) is 0 Å². The topological polar surface area (TPSA) is 57.7 Å². The molecule has 0 unspecified atom stereocenters. The third-order valence-electron chi connectivity index (χ3n) is 4.29. The van der Waals surface area contributed by atoms with Gasteiger partial charge in [0.15, 0.2) is 0 Å². The highest BCUT2D eigenvalue weighted by atomic mass is 35.5. The molecule has 0 fully saturated rings. The number of likely N-dealkylation sites (N-methyl/N-ethyl adjacent to an activating group) is 1. The van der Waals surface area contributed by atoms with Crippen LogP contribution in [-0.4, -0.2) is 38.6 Å². The minimum atomic E-state index is -3.68. The van der Waals surface area contributed by atoms with Crippen LogP contribution in [0, 0.1) is 6.92 Å². The van der Waals surface area contributed by atoms with Crippen molar-refractivity contribution in [3.63, 3.8) is 0 Å². The SMILES string of the molecule is CC[C@@H](C(=O)N(C)Cc1ccc(C)cc1)N(c1cccc(Cl)c1)S(C)(=O)=O. The van der Waals surface area contributed by atoms with Gasteiger partial charge in [0.1, 0.15) is 6.04 Å². The summed E-state index contributed by atoms with van der Waals surface area (Å²) in [5, 5.41) is 0.413. The molecule has 0 saturated carbocycles. The molecule has 1 atom stereocenters. The molecule has 0 saturated heterocycles. The third-order valence-corrected chi connectivity index (χ3v) is 5.71. The zero-order chi connectivity index (χ0) is 20.2. The molecule has 0 aliphatic heterocycles. The number of carbonyl (C=O) groups excluding carboxylic acids is 1. The first-order chi connectivity index (χ1) is 12.6. The molecule has 146 valence electrons. The lowest BCUT2D eigenvalue weighted by molar-refractivity contribution is -0.131. The number of hydrogen-bond acceptors (Lipinski definition) is 3. The van der Waals surface area contributed by atoms with Crippen molar-refractivity contribution in [2.24, 2.45) is 0 Å². The summed E-state index contributed by atoms with van der Waals surface area (Å²) in [4.78, 5) is 14.6. The lowest BCUT2D eigenvalue weighted by Crippen LogP contribution is -2.49. The monoisotopic (exact) mass is 408 g/mol. The second-order valence-electron chi connectivity index (χ2n) is 6.64. The summed E-state index contributed by atoms with van der Waals surface area (Å²) in [5.74, 6) is -0.261. The van der Waals surface area contributed by atoms with E-state index in [1.807, 2.05) is 31.2 Å². The number of aryl methyl sites for hydroxylation is 1. The van der Waals surface area contributed by atoms with Gasteiger partial charge in [0.05, 0.1) is 11.9 Å². The van der Waals surface area contributed by atoms with Crippen LogP contribution in [0.5, 0.6) is 0 Å². The van der Waals surface area contributed by atoms with Crippen LogP contribution in [0.2, 0.25) is 5.02 Å². The number of anilines is 1. The quantitative estimate of drug-likeness (QED) is 0.699. The first-order valence-corrected chi connectivity index (χ1v) is 10.9. The van der Waals surface area contributed by atoms with Gasteiger partial charge in [0.2, 0.25) is 15.9 Å². The second-order valence-corrected chi connectivity index (χ2v) is 8.94. The number of rotatable bonds is 7. The smallest absolute Gasteiger partial charge is 0.246 e. The van der Waals surface area contributed by atoms with E-state index in [0.29, 0.717) is 23.7 Å². The van der Waals surface area contributed by atoms with Gasteiger partial charge >= 0.3 is 0 Å². The molecule has 2 aromatic carbocycles. The minimum Gasteiger partial charge on any atom is -0.340 e. The van der Waals surface area contributed by atoms with E-state index < -0.39 is 16.1 Å². The summed E-state index contributed by atoms with van der Waals surface area (Å²) in [6, 6.07) is 13.6. The Kier molecular flexibility index (Phi) is 6.89. The first kappa shape index (κ1) is 21.3. The molecule has 5 nitrogen and oxygen atoms in total. The Morgan fingerprint density at radius 2 is 1.78 bits per heavy atom. The fourth-order valence-electron chi connectivity index (χ4n) is 2.96. The average molecular weight is 409 g/mol. The number of carbonyl (C=O) groups is 1. The normalized spacial score (nSPS) is 12.5. The average Bonchev–Trinajstić information content (AvgIpc) is 2.59. The van der Waals surface area contributed by atoms with Crippen LogP contribution in [0.15, 0.2) is 48.5 Å². The first-order valence-electron chi connectivity index (χ1n) is 8.69. The van der Waals surface area contributed by atoms with Gasteiger partial charge in [0, 0.05) is 18.6 Å². The van der Waals surface area contributed by atoms with Crippen molar-refractivity contribution in [3.05, 3.63) is 64.7 Å². The van der Waals surface area contributed by atoms with E-state index in [4.69, 9.17) is 11.6 Å². The number of nitrogens with zero attached hydrogens (tertiary/aromatic N) is 2. The Morgan fingerprint density at radius 3 is 2.30 bits per heavy atom. The van der Waals surface area contributed by atoms with E-state index in [1.54, 1.807) is 43.1 Å². The molecule has 0 heterocycles. The molecule has 0 aliphatic carbocycles. The highest BCUT2D eigenvalue weighted by Crippen LogP contribution is 2.26. The van der Waals surface area contributed by atoms with Gasteiger partial charge in [-0.3, -0.25) is 9.10 Å². The zero-order valence-corrected chi connectivity index (χ0v) is 17.6. The van der Waals surface area contributed by atoms with Crippen LogP contribution in [0.3, 0.4) is 0 Å². The maximum absolute atomic E-state index is 13.1. The maximum Gasteiger partial charge on any atom is 0.246 e. The van der Waals surface area contributed by atoms with Crippen molar-refractivity contribution >= 4 is 33.2 Å². The summed E-state index contributed by atoms with van der Waals surface area (Å²) < 4.78 is 26.1. The number of hydrogen-bond donors (Lipinski definition) is 0. The molecular weight excluding hydrogens is 384 g/mol. The molecule has 0 bridgehead atoms. The Balaban J connectivity index is 2.32. The molecule has 0 radical (unpaired) electrons. The fraction of sp³-hybridized carbons (Fsp3) is 0.350. The van der Waals surface area contributed by atoms with Crippen molar-refractivity contribution in [1.82, 2.24) is 4.90 Å². The van der Waals surface area contributed by atoms with Crippen molar-refractivity contribution in [3.8, 4) is 0 Å². The predicted octanol–water partition coefficient (Wildman–Crippen LogP) is 3.85. The van der Waals surface area contributed by atoms with Crippen molar-refractivity contribution in [2.45, 2.75) is 32.9 Å². The highest BCUT2D eigenvalue weighted by molar-refractivity contribution is 7.92. The summed E-state index contributed by atoms with van der Waals surface area (Å²) in [7, 11) is -1.99. The number of sulfonamides is 1. The van der Waals surface area contributed by atoms with Crippen LogP contribution < -0.4 is 4.31 Å². The minimum absolute atomic E-state index is 0.261. The molecule has 1 amide bonds. The van der Waals surface area contributed by atoms with E-state index in [9.17, 15) is 13.2 Å². The van der Waals surface area contributed by atoms with Gasteiger partial charge in [-0.2, -0.15) is 0 Å². The van der Waals surface area contributed by atoms with Crippen LogP contribution >= 0.6 is 11.6 Å². The van der Waals surface area contributed by atoms with Gasteiger partial charge in [-0.15, -0.1) is 0 Å². The van der Waals surface area contributed by atoms with Gasteiger partial charge < -0.3 is 4.90 Å². The van der Waals surface area contributed by atoms with E-state index >= 15 is 0 Å². The molecule has 2 aromatic rings. The summed E-state index contributed by atoms with van der Waals surface area (Å²) in [5.41, 5.74) is 2.51. The molecule has 0 spiro atoms. The number of amides is 1. The van der Waals surface area contributed by atoms with Crippen molar-refractivity contribution in [2.75, 3.05) is 17.6 Å². The molecular formula is C20H25ClN2O3S. The third kappa shape index (κ3) is 5.47. The standard InChI is InChI=1S/C20H25ClN2O3S/c1-5-19(20(24)22(3)14-16-11-9-15(2)10-12-16)23(27(4,25)26)18-8-6-7-17(21)13-18/h6-13,19H,5,14H2,1-4H3/t19-/m0/s1. The number of benzene rings is 2. The maximum atomic E-state index is 13.1. The highest BCUT2D eigenvalue weighted by Gasteiger charge is 2.33. The summed E-state index contributed by atoms with van der Waals surface area (Å²) in [6.07, 6.45) is 1.44. The second kappa shape index (κ2) is 8.76. The Labute approximate surface area is 166 Å². The largest absolute Gasteiger partial charge is 0.340 e. The van der Waals surface area contributed by atoms with Gasteiger partial charge in [-0.1, -0.05) is 54.4 Å². The van der Waals surface area contributed by atoms with Gasteiger partial charge in [-0.05, 0) is 37.1 Å². The molecule has 0 aliphatic rings. The molecule has 0 aromatic heterocycles. The molecule has 7 heteroatoms. The van der Waals surface area contributed by atoms with Crippen molar-refractivity contribution in [1.29, 1.82) is 0 Å². The van der Waals surface area contributed by atoms with Crippen LogP contribution in [-0.2, 0) is 21.4 Å². The molecule has 0 N–H and O–H groups in total. The number of halogens is 1. The van der Waals surface area contributed by atoms with Crippen LogP contribution in [0.4, 0.5) is 5.69 Å². The Morgan fingerprint density at radius 1 is 1.15 bits per heavy atom. The predicted molar refractivity (Wildman–Crippen MR) is 111 cm³/mol. The van der Waals surface area contributed by atoms with Crippen LogP contribution in [0.25, 0.3) is 0 Å². The van der Waals surface area contributed by atoms with Crippen LogP contribution in [0.1, 0.15) is 24.5 Å². The van der Waals surface area contributed by atoms with Gasteiger partial charge in [-0.25, -0.2) is 8.42 Å². The summed E-state index contributed by atoms with van der Waals surface area (Å²) >= 11 is 6.03. The molecule has 27 heavy (non-hydrogen) atoms. The van der Waals surface area contributed by atoms with Crippen molar-refractivity contribution < 1.29 is 13.2 Å².